The Kier molecular flexibility index (Phi) is 5.34. The zero-order chi connectivity index (χ0) is 21.3. The SMILES string of the molecule is CCOC(=O)c1ccc(N2C=C(C(=O)N3CCCC3)S(=O)(=O)c3ccccc32)cc1. The Balaban J connectivity index is 1.78. The van der Waals surface area contributed by atoms with Crippen LogP contribution >= 0.6 is 0 Å². The molecule has 0 unspecified atom stereocenters. The number of nitrogens with zero attached hydrogens (tertiary/aromatic N) is 2. The van der Waals surface area contributed by atoms with Crippen molar-refractivity contribution in [3.05, 3.63) is 65.2 Å². The van der Waals surface area contributed by atoms with Crippen molar-refractivity contribution in [3.63, 3.8) is 0 Å². The van der Waals surface area contributed by atoms with E-state index in [-0.39, 0.29) is 16.4 Å². The summed E-state index contributed by atoms with van der Waals surface area (Å²) in [5.74, 6) is -0.902. The summed E-state index contributed by atoms with van der Waals surface area (Å²) in [6.45, 7) is 3.13. The summed E-state index contributed by atoms with van der Waals surface area (Å²) < 4.78 is 31.4. The Morgan fingerprint density at radius 2 is 1.67 bits per heavy atom. The topological polar surface area (TPSA) is 84.0 Å². The summed E-state index contributed by atoms with van der Waals surface area (Å²) in [4.78, 5) is 28.0. The Bertz CT molecular complexity index is 1120. The van der Waals surface area contributed by atoms with Crippen LogP contribution in [0.4, 0.5) is 11.4 Å². The number of fused-ring (bicyclic) bond motifs is 1. The Morgan fingerprint density at radius 3 is 2.33 bits per heavy atom. The van der Waals surface area contributed by atoms with E-state index in [0.29, 0.717) is 30.0 Å². The molecular weight excluding hydrogens is 404 g/mol. The van der Waals surface area contributed by atoms with Crippen LogP contribution in [0.1, 0.15) is 30.1 Å². The molecular formula is C22H22N2O5S. The van der Waals surface area contributed by atoms with Gasteiger partial charge in [0.25, 0.3) is 5.91 Å². The fourth-order valence-corrected chi connectivity index (χ4v) is 5.23. The number of hydrogen-bond donors (Lipinski definition) is 0. The van der Waals surface area contributed by atoms with Gasteiger partial charge in [0.2, 0.25) is 9.84 Å². The number of para-hydroxylation sites is 1. The highest BCUT2D eigenvalue weighted by atomic mass is 32.2. The lowest BCUT2D eigenvalue weighted by molar-refractivity contribution is -0.125. The van der Waals surface area contributed by atoms with Gasteiger partial charge in [-0.05, 0) is 56.2 Å². The maximum atomic E-state index is 13.2. The van der Waals surface area contributed by atoms with Gasteiger partial charge in [-0.3, -0.25) is 4.79 Å². The number of rotatable bonds is 4. The summed E-state index contributed by atoms with van der Waals surface area (Å²) in [5, 5.41) is 0. The molecule has 0 aliphatic carbocycles. The van der Waals surface area contributed by atoms with Gasteiger partial charge in [0, 0.05) is 25.0 Å². The lowest BCUT2D eigenvalue weighted by Crippen LogP contribution is -2.35. The van der Waals surface area contributed by atoms with Crippen molar-refractivity contribution in [1.82, 2.24) is 4.90 Å². The van der Waals surface area contributed by atoms with E-state index >= 15 is 0 Å². The average molecular weight is 426 g/mol. The molecule has 2 aromatic rings. The van der Waals surface area contributed by atoms with Gasteiger partial charge in [0.1, 0.15) is 0 Å². The van der Waals surface area contributed by atoms with Crippen LogP contribution in [-0.4, -0.2) is 44.9 Å². The number of anilines is 2. The van der Waals surface area contributed by atoms with E-state index in [0.717, 1.165) is 12.8 Å². The van der Waals surface area contributed by atoms with Crippen LogP contribution in [0.25, 0.3) is 0 Å². The molecule has 2 aliphatic rings. The van der Waals surface area contributed by atoms with E-state index < -0.39 is 21.7 Å². The summed E-state index contributed by atoms with van der Waals surface area (Å²) in [6, 6.07) is 13.2. The molecule has 4 rings (SSSR count). The predicted octanol–water partition coefficient (Wildman–Crippen LogP) is 3.25. The van der Waals surface area contributed by atoms with Crippen LogP contribution in [0.15, 0.2) is 64.5 Å². The molecule has 8 heteroatoms. The molecule has 0 bridgehead atoms. The number of likely N-dealkylation sites (tertiary alicyclic amines) is 1. The van der Waals surface area contributed by atoms with Gasteiger partial charge in [0.15, 0.2) is 4.91 Å². The maximum absolute atomic E-state index is 13.2. The van der Waals surface area contributed by atoms with Gasteiger partial charge in [-0.15, -0.1) is 0 Å². The van der Waals surface area contributed by atoms with Gasteiger partial charge in [-0.1, -0.05) is 12.1 Å². The van der Waals surface area contributed by atoms with Crippen LogP contribution in [0.2, 0.25) is 0 Å². The molecule has 0 radical (unpaired) electrons. The number of carbonyl (C=O) groups is 2. The zero-order valence-electron chi connectivity index (χ0n) is 16.6. The third-order valence-electron chi connectivity index (χ3n) is 5.21. The summed E-state index contributed by atoms with van der Waals surface area (Å²) in [6.07, 6.45) is 3.13. The first-order valence-electron chi connectivity index (χ1n) is 9.85. The van der Waals surface area contributed by atoms with E-state index in [1.54, 1.807) is 59.2 Å². The van der Waals surface area contributed by atoms with Crippen molar-refractivity contribution in [2.75, 3.05) is 24.6 Å². The monoisotopic (exact) mass is 426 g/mol. The molecule has 0 atom stereocenters. The summed E-state index contributed by atoms with van der Waals surface area (Å²) in [5.41, 5.74) is 1.49. The van der Waals surface area contributed by atoms with Crippen molar-refractivity contribution >= 4 is 33.1 Å². The van der Waals surface area contributed by atoms with E-state index in [1.165, 1.54) is 12.3 Å². The lowest BCUT2D eigenvalue weighted by Gasteiger charge is -2.30. The summed E-state index contributed by atoms with van der Waals surface area (Å²) >= 11 is 0. The van der Waals surface area contributed by atoms with E-state index in [9.17, 15) is 18.0 Å². The fourth-order valence-electron chi connectivity index (χ4n) is 3.69. The van der Waals surface area contributed by atoms with Crippen molar-refractivity contribution in [1.29, 1.82) is 0 Å². The van der Waals surface area contributed by atoms with Crippen LogP contribution in [-0.2, 0) is 19.4 Å². The van der Waals surface area contributed by atoms with E-state index in [2.05, 4.69) is 0 Å². The molecule has 0 N–H and O–H groups in total. The van der Waals surface area contributed by atoms with Gasteiger partial charge in [-0.2, -0.15) is 0 Å². The van der Waals surface area contributed by atoms with Gasteiger partial charge < -0.3 is 14.5 Å². The number of ether oxygens (including phenoxy) is 1. The fraction of sp³-hybridized carbons (Fsp3) is 0.273. The van der Waals surface area contributed by atoms with Crippen molar-refractivity contribution in [2.24, 2.45) is 0 Å². The van der Waals surface area contributed by atoms with Crippen LogP contribution in [0, 0.1) is 0 Å². The van der Waals surface area contributed by atoms with Crippen molar-refractivity contribution in [2.45, 2.75) is 24.7 Å². The first-order valence-corrected chi connectivity index (χ1v) is 11.3. The standard InChI is InChI=1S/C22H22N2O5S/c1-2-29-22(26)16-9-11-17(12-10-16)24-15-20(21(25)23-13-5-6-14-23)30(27,28)19-8-4-3-7-18(19)24/h3-4,7-12,15H,2,5-6,13-14H2,1H3. The minimum Gasteiger partial charge on any atom is -0.462 e. The minimum absolute atomic E-state index is 0.0875. The second kappa shape index (κ2) is 7.95. The number of benzene rings is 2. The highest BCUT2D eigenvalue weighted by molar-refractivity contribution is 7.96. The van der Waals surface area contributed by atoms with Crippen LogP contribution in [0.5, 0.6) is 0 Å². The highest BCUT2D eigenvalue weighted by Gasteiger charge is 2.38. The normalized spacial score (nSPS) is 17.3. The molecule has 0 spiro atoms. The van der Waals surface area contributed by atoms with E-state index in [4.69, 9.17) is 4.74 Å². The molecule has 0 aromatic heterocycles. The van der Waals surface area contributed by atoms with Gasteiger partial charge in [0.05, 0.1) is 22.8 Å². The molecule has 2 heterocycles. The average Bonchev–Trinajstić information content (AvgIpc) is 3.29. The van der Waals surface area contributed by atoms with Gasteiger partial charge in [-0.25, -0.2) is 13.2 Å². The molecule has 30 heavy (non-hydrogen) atoms. The van der Waals surface area contributed by atoms with E-state index in [1.807, 2.05) is 0 Å². The van der Waals surface area contributed by atoms with Crippen LogP contribution in [0.3, 0.4) is 0 Å². The second-order valence-corrected chi connectivity index (χ2v) is 8.99. The first kappa shape index (κ1) is 20.2. The third kappa shape index (κ3) is 3.47. The first-order chi connectivity index (χ1) is 14.4. The largest absolute Gasteiger partial charge is 0.462 e. The third-order valence-corrected chi connectivity index (χ3v) is 6.99. The minimum atomic E-state index is -3.94. The molecule has 2 aliphatic heterocycles. The molecule has 1 amide bonds. The lowest BCUT2D eigenvalue weighted by atomic mass is 10.1. The number of hydrogen-bond acceptors (Lipinski definition) is 6. The van der Waals surface area contributed by atoms with Crippen molar-refractivity contribution in [3.8, 4) is 0 Å². The Hall–Kier alpha value is -3.13. The molecule has 156 valence electrons. The maximum Gasteiger partial charge on any atom is 0.338 e. The second-order valence-electron chi connectivity index (χ2n) is 7.10. The van der Waals surface area contributed by atoms with Crippen LogP contribution < -0.4 is 4.90 Å². The Morgan fingerprint density at radius 1 is 1.00 bits per heavy atom. The molecule has 0 saturated carbocycles. The van der Waals surface area contributed by atoms with Gasteiger partial charge >= 0.3 is 5.97 Å². The molecule has 1 saturated heterocycles. The number of sulfone groups is 1. The number of amides is 1. The summed E-state index contributed by atoms with van der Waals surface area (Å²) in [7, 11) is -3.94. The Labute approximate surface area is 175 Å². The number of esters is 1. The smallest absolute Gasteiger partial charge is 0.338 e. The van der Waals surface area contributed by atoms with Crippen molar-refractivity contribution < 1.29 is 22.7 Å². The zero-order valence-corrected chi connectivity index (χ0v) is 17.4. The molecule has 2 aromatic carbocycles. The molecule has 7 nitrogen and oxygen atoms in total. The quantitative estimate of drug-likeness (QED) is 0.698. The number of carbonyl (C=O) groups excluding carboxylic acids is 2. The predicted molar refractivity (Wildman–Crippen MR) is 112 cm³/mol. The molecule has 1 fully saturated rings. The highest BCUT2D eigenvalue weighted by Crippen LogP contribution is 2.40.